The molecule has 0 radical (unpaired) electrons. The van der Waals surface area contributed by atoms with Gasteiger partial charge >= 0.3 is 12.1 Å². The average molecular weight is 345 g/mol. The monoisotopic (exact) mass is 345 g/mol. The van der Waals surface area contributed by atoms with E-state index in [1.807, 2.05) is 30.3 Å². The molecule has 0 saturated carbocycles. The molecule has 1 heterocycles. The summed E-state index contributed by atoms with van der Waals surface area (Å²) in [6.07, 6.45) is 0.834. The smallest absolute Gasteiger partial charge is 0.417 e. The van der Waals surface area contributed by atoms with Crippen molar-refractivity contribution in [2.45, 2.75) is 38.8 Å². The number of imide groups is 1. The van der Waals surface area contributed by atoms with Crippen LogP contribution in [0, 0.1) is 5.92 Å². The number of benzene rings is 1. The molecule has 1 aliphatic heterocycles. The van der Waals surface area contributed by atoms with Gasteiger partial charge < -0.3 is 9.47 Å². The third-order valence-electron chi connectivity index (χ3n) is 3.71. The number of nitrogens with zero attached hydrogens (tertiary/aromatic N) is 1. The normalized spacial score (nSPS) is 20.3. The van der Waals surface area contributed by atoms with Gasteiger partial charge in [0.15, 0.2) is 0 Å². The van der Waals surface area contributed by atoms with E-state index < -0.39 is 35.5 Å². The molecule has 0 aromatic heterocycles. The van der Waals surface area contributed by atoms with Crippen LogP contribution in [-0.4, -0.2) is 35.1 Å². The number of carbonyl (C=O) groups excluding carboxylic acids is 3. The second-order valence-electron chi connectivity index (χ2n) is 6.82. The summed E-state index contributed by atoms with van der Waals surface area (Å²) in [5.74, 6) is -2.29. The maximum atomic E-state index is 12.7. The predicted molar refractivity (Wildman–Crippen MR) is 91.5 cm³/mol. The van der Waals surface area contributed by atoms with Crippen LogP contribution >= 0.6 is 0 Å². The van der Waals surface area contributed by atoms with Crippen LogP contribution in [0.3, 0.4) is 0 Å². The first-order chi connectivity index (χ1) is 11.7. The Bertz CT molecular complexity index is 662. The summed E-state index contributed by atoms with van der Waals surface area (Å²) in [6, 6.07) is 8.53. The highest BCUT2D eigenvalue weighted by molar-refractivity contribution is 6.06. The molecule has 1 aliphatic rings. The van der Waals surface area contributed by atoms with E-state index >= 15 is 0 Å². The van der Waals surface area contributed by atoms with Crippen LogP contribution in [0.4, 0.5) is 4.79 Å². The molecule has 0 bridgehead atoms. The third kappa shape index (κ3) is 4.47. The molecule has 2 amide bonds. The Morgan fingerprint density at radius 3 is 2.48 bits per heavy atom. The van der Waals surface area contributed by atoms with Gasteiger partial charge in [-0.3, -0.25) is 9.59 Å². The lowest BCUT2D eigenvalue weighted by molar-refractivity contribution is -0.151. The molecule has 1 aromatic rings. The van der Waals surface area contributed by atoms with Crippen molar-refractivity contribution in [1.29, 1.82) is 0 Å². The molecule has 1 aromatic carbocycles. The van der Waals surface area contributed by atoms with Gasteiger partial charge in [-0.1, -0.05) is 43.0 Å². The molecule has 6 nitrogen and oxygen atoms in total. The van der Waals surface area contributed by atoms with E-state index in [4.69, 9.17) is 9.47 Å². The number of likely N-dealkylation sites (tertiary alicyclic amines) is 1. The Labute approximate surface area is 147 Å². The predicted octanol–water partition coefficient (Wildman–Crippen LogP) is 3.24. The quantitative estimate of drug-likeness (QED) is 0.476. The van der Waals surface area contributed by atoms with E-state index in [9.17, 15) is 14.4 Å². The Hall–Kier alpha value is -2.63. The van der Waals surface area contributed by atoms with Gasteiger partial charge in [0, 0.05) is 0 Å². The number of esters is 1. The number of ether oxygens (including phenoxy) is 2. The van der Waals surface area contributed by atoms with Crippen molar-refractivity contribution in [2.75, 3.05) is 6.61 Å². The highest BCUT2D eigenvalue weighted by Gasteiger charge is 2.49. The lowest BCUT2D eigenvalue weighted by Crippen LogP contribution is -2.40. The summed E-state index contributed by atoms with van der Waals surface area (Å²) in [5, 5.41) is 0. The molecule has 1 fully saturated rings. The van der Waals surface area contributed by atoms with Crippen LogP contribution in [0.5, 0.6) is 0 Å². The average Bonchev–Trinajstić information content (AvgIpc) is 2.89. The molecule has 0 spiro atoms. The summed E-state index contributed by atoms with van der Waals surface area (Å²) in [7, 11) is 0. The van der Waals surface area contributed by atoms with Crippen LogP contribution in [0.2, 0.25) is 0 Å². The first-order valence-corrected chi connectivity index (χ1v) is 8.13. The van der Waals surface area contributed by atoms with E-state index in [1.54, 1.807) is 20.8 Å². The van der Waals surface area contributed by atoms with Crippen molar-refractivity contribution in [3.05, 3.63) is 48.6 Å². The van der Waals surface area contributed by atoms with Crippen LogP contribution in [0.25, 0.3) is 0 Å². The summed E-state index contributed by atoms with van der Waals surface area (Å²) in [6.45, 7) is 8.66. The largest absolute Gasteiger partial charge is 0.461 e. The highest BCUT2D eigenvalue weighted by Crippen LogP contribution is 2.38. The van der Waals surface area contributed by atoms with E-state index in [1.165, 1.54) is 6.08 Å². The highest BCUT2D eigenvalue weighted by atomic mass is 16.6. The molecular weight excluding hydrogens is 322 g/mol. The summed E-state index contributed by atoms with van der Waals surface area (Å²) < 4.78 is 10.4. The van der Waals surface area contributed by atoms with E-state index in [0.29, 0.717) is 0 Å². The number of hydrogen-bond donors (Lipinski definition) is 0. The van der Waals surface area contributed by atoms with Gasteiger partial charge in [-0.25, -0.2) is 9.69 Å². The van der Waals surface area contributed by atoms with E-state index in [2.05, 4.69) is 6.58 Å². The molecule has 0 aliphatic carbocycles. The van der Waals surface area contributed by atoms with Crippen molar-refractivity contribution in [1.82, 2.24) is 4.90 Å². The summed E-state index contributed by atoms with van der Waals surface area (Å²) in [4.78, 5) is 38.5. The summed E-state index contributed by atoms with van der Waals surface area (Å²) >= 11 is 0. The number of rotatable bonds is 4. The standard InChI is InChI=1S/C19H23NO5/c1-5-11-24-17(22)14-12-15(13-9-7-6-8-10-13)20(16(14)21)18(23)25-19(2,3)4/h5-10,14-15H,1,11-12H2,2-4H3/t14?,15-/m1/s1. The molecule has 6 heteroatoms. The lowest BCUT2D eigenvalue weighted by atomic mass is 10.00. The fraction of sp³-hybridized carbons (Fsp3) is 0.421. The van der Waals surface area contributed by atoms with Crippen molar-refractivity contribution in [3.63, 3.8) is 0 Å². The van der Waals surface area contributed by atoms with Gasteiger partial charge in [0.2, 0.25) is 5.91 Å². The van der Waals surface area contributed by atoms with Crippen molar-refractivity contribution in [3.8, 4) is 0 Å². The fourth-order valence-corrected chi connectivity index (χ4v) is 2.68. The number of amides is 2. The zero-order valence-corrected chi connectivity index (χ0v) is 14.7. The van der Waals surface area contributed by atoms with Gasteiger partial charge in [0.1, 0.15) is 18.1 Å². The molecule has 25 heavy (non-hydrogen) atoms. The van der Waals surface area contributed by atoms with Crippen LogP contribution < -0.4 is 0 Å². The molecule has 1 saturated heterocycles. The molecule has 1 unspecified atom stereocenters. The van der Waals surface area contributed by atoms with Crippen LogP contribution in [-0.2, 0) is 19.1 Å². The van der Waals surface area contributed by atoms with Gasteiger partial charge in [-0.15, -0.1) is 0 Å². The zero-order chi connectivity index (χ0) is 18.6. The van der Waals surface area contributed by atoms with Gasteiger partial charge in [0.05, 0.1) is 6.04 Å². The zero-order valence-electron chi connectivity index (χ0n) is 14.7. The maximum absolute atomic E-state index is 12.7. The van der Waals surface area contributed by atoms with Crippen LogP contribution in [0.1, 0.15) is 38.8 Å². The van der Waals surface area contributed by atoms with Crippen LogP contribution in [0.15, 0.2) is 43.0 Å². The van der Waals surface area contributed by atoms with Gasteiger partial charge in [-0.2, -0.15) is 0 Å². The molecule has 134 valence electrons. The topological polar surface area (TPSA) is 72.9 Å². The molecular formula is C19H23NO5. The van der Waals surface area contributed by atoms with Gasteiger partial charge in [-0.05, 0) is 32.8 Å². The number of hydrogen-bond acceptors (Lipinski definition) is 5. The Balaban J connectivity index is 2.31. The Morgan fingerprint density at radius 2 is 1.92 bits per heavy atom. The first kappa shape index (κ1) is 18.7. The van der Waals surface area contributed by atoms with Gasteiger partial charge in [0.25, 0.3) is 0 Å². The fourth-order valence-electron chi connectivity index (χ4n) is 2.68. The Kier molecular flexibility index (Phi) is 5.62. The maximum Gasteiger partial charge on any atom is 0.417 e. The minimum atomic E-state index is -1.03. The molecule has 0 N–H and O–H groups in total. The van der Waals surface area contributed by atoms with Crippen molar-refractivity contribution >= 4 is 18.0 Å². The molecule has 2 atom stereocenters. The second kappa shape index (κ2) is 7.51. The molecule has 2 rings (SSSR count). The number of carbonyl (C=O) groups is 3. The third-order valence-corrected chi connectivity index (χ3v) is 3.71. The minimum Gasteiger partial charge on any atom is -0.461 e. The van der Waals surface area contributed by atoms with Crippen molar-refractivity contribution < 1.29 is 23.9 Å². The van der Waals surface area contributed by atoms with Crippen molar-refractivity contribution in [2.24, 2.45) is 5.92 Å². The van der Waals surface area contributed by atoms with E-state index in [0.717, 1.165) is 10.5 Å². The lowest BCUT2D eigenvalue weighted by Gasteiger charge is -2.27. The SMILES string of the molecule is C=CCOC(=O)C1C[C@H](c2ccccc2)N(C(=O)OC(C)(C)C)C1=O. The minimum absolute atomic E-state index is 0.0189. The Morgan fingerprint density at radius 1 is 1.28 bits per heavy atom. The first-order valence-electron chi connectivity index (χ1n) is 8.13. The van der Waals surface area contributed by atoms with E-state index in [-0.39, 0.29) is 13.0 Å². The summed E-state index contributed by atoms with van der Waals surface area (Å²) in [5.41, 5.74) is 0.0146. The second-order valence-corrected chi connectivity index (χ2v) is 6.82.